The van der Waals surface area contributed by atoms with Crippen molar-refractivity contribution in [2.45, 2.75) is 24.7 Å². The Labute approximate surface area is 131 Å². The predicted molar refractivity (Wildman–Crippen MR) is 86.0 cm³/mol. The number of carbonyl (C=O) groups excluding carboxylic acids is 1. The Morgan fingerprint density at radius 1 is 0.955 bits per heavy atom. The largest absolute Gasteiger partial charge is 0.268 e. The molecule has 0 fully saturated rings. The lowest BCUT2D eigenvalue weighted by atomic mass is 10.2. The molecule has 0 heterocycles. The number of hydrogen-bond donors (Lipinski definition) is 0. The van der Waals surface area contributed by atoms with Crippen LogP contribution in [0.15, 0.2) is 65.6 Å². The highest BCUT2D eigenvalue weighted by Gasteiger charge is 2.29. The standard InChI is InChI=1S/C17H19NO3S/c1-2-3-14-18(17(19)15-10-6-4-7-11-15)22(20,21)16-12-8-5-9-13-16/h4-13H,2-3,14H2,1H3. The number of hydrogen-bond acceptors (Lipinski definition) is 3. The topological polar surface area (TPSA) is 54.5 Å². The molecule has 0 aliphatic rings. The van der Waals surface area contributed by atoms with Gasteiger partial charge >= 0.3 is 0 Å². The van der Waals surface area contributed by atoms with Crippen LogP contribution in [0.3, 0.4) is 0 Å². The average Bonchev–Trinajstić information content (AvgIpc) is 2.56. The molecule has 4 nitrogen and oxygen atoms in total. The van der Waals surface area contributed by atoms with Crippen LogP contribution in [0.1, 0.15) is 30.1 Å². The summed E-state index contributed by atoms with van der Waals surface area (Å²) in [6.07, 6.45) is 1.44. The number of nitrogens with zero attached hydrogens (tertiary/aromatic N) is 1. The lowest BCUT2D eigenvalue weighted by Crippen LogP contribution is -2.37. The van der Waals surface area contributed by atoms with E-state index in [0.29, 0.717) is 12.0 Å². The Hall–Kier alpha value is -2.14. The Bertz CT molecular complexity index is 712. The SMILES string of the molecule is CCCCN(C(=O)c1ccccc1)S(=O)(=O)c1ccccc1. The molecule has 5 heteroatoms. The molecule has 116 valence electrons. The quantitative estimate of drug-likeness (QED) is 0.821. The number of carbonyl (C=O) groups is 1. The lowest BCUT2D eigenvalue weighted by Gasteiger charge is -2.22. The van der Waals surface area contributed by atoms with Crippen molar-refractivity contribution >= 4 is 15.9 Å². The second-order valence-electron chi connectivity index (χ2n) is 4.91. The molecule has 0 aliphatic heterocycles. The van der Waals surface area contributed by atoms with Gasteiger partial charge in [0.25, 0.3) is 15.9 Å². The van der Waals surface area contributed by atoms with Gasteiger partial charge in [-0.3, -0.25) is 4.79 Å². The maximum absolute atomic E-state index is 12.8. The van der Waals surface area contributed by atoms with Crippen molar-refractivity contribution < 1.29 is 13.2 Å². The first-order valence-corrected chi connectivity index (χ1v) is 8.68. The lowest BCUT2D eigenvalue weighted by molar-refractivity contribution is 0.0860. The fourth-order valence-corrected chi connectivity index (χ4v) is 3.53. The van der Waals surface area contributed by atoms with Crippen LogP contribution in [0, 0.1) is 0 Å². The summed E-state index contributed by atoms with van der Waals surface area (Å²) in [6.45, 7) is 2.14. The van der Waals surface area contributed by atoms with E-state index in [-0.39, 0.29) is 11.4 Å². The van der Waals surface area contributed by atoms with Crippen molar-refractivity contribution in [2.75, 3.05) is 6.54 Å². The van der Waals surface area contributed by atoms with Crippen LogP contribution in [-0.4, -0.2) is 25.2 Å². The molecule has 2 rings (SSSR count). The molecule has 0 radical (unpaired) electrons. The van der Waals surface area contributed by atoms with Crippen molar-refractivity contribution in [3.05, 3.63) is 66.2 Å². The highest BCUT2D eigenvalue weighted by atomic mass is 32.2. The molecule has 0 saturated heterocycles. The maximum atomic E-state index is 12.8. The van der Waals surface area contributed by atoms with Crippen LogP contribution in [0.25, 0.3) is 0 Å². The van der Waals surface area contributed by atoms with Gasteiger partial charge in [0.1, 0.15) is 0 Å². The van der Waals surface area contributed by atoms with Crippen molar-refractivity contribution in [3.63, 3.8) is 0 Å². The zero-order valence-electron chi connectivity index (χ0n) is 12.5. The molecule has 0 aliphatic carbocycles. The number of rotatable bonds is 6. The van der Waals surface area contributed by atoms with Gasteiger partial charge in [-0.2, -0.15) is 0 Å². The van der Waals surface area contributed by atoms with Crippen LogP contribution < -0.4 is 0 Å². The minimum Gasteiger partial charge on any atom is -0.268 e. The monoisotopic (exact) mass is 317 g/mol. The molecule has 0 atom stereocenters. The molecule has 1 amide bonds. The fraction of sp³-hybridized carbons (Fsp3) is 0.235. The molecule has 0 saturated carbocycles. The van der Waals surface area contributed by atoms with E-state index in [2.05, 4.69) is 0 Å². The molecule has 22 heavy (non-hydrogen) atoms. The molecule has 0 N–H and O–H groups in total. The Morgan fingerprint density at radius 2 is 1.50 bits per heavy atom. The van der Waals surface area contributed by atoms with Crippen molar-refractivity contribution in [1.82, 2.24) is 4.31 Å². The zero-order valence-corrected chi connectivity index (χ0v) is 13.3. The van der Waals surface area contributed by atoms with E-state index in [0.717, 1.165) is 10.7 Å². The van der Waals surface area contributed by atoms with E-state index in [4.69, 9.17) is 0 Å². The fourth-order valence-electron chi connectivity index (χ4n) is 2.08. The van der Waals surface area contributed by atoms with Crippen LogP contribution >= 0.6 is 0 Å². The number of benzene rings is 2. The zero-order chi connectivity index (χ0) is 16.0. The van der Waals surface area contributed by atoms with E-state index in [1.165, 1.54) is 12.1 Å². The summed E-state index contributed by atoms with van der Waals surface area (Å²) in [6, 6.07) is 16.5. The van der Waals surface area contributed by atoms with Crippen molar-refractivity contribution in [3.8, 4) is 0 Å². The smallest absolute Gasteiger partial charge is 0.267 e. The highest BCUT2D eigenvalue weighted by molar-refractivity contribution is 7.89. The van der Waals surface area contributed by atoms with Gasteiger partial charge in [0.05, 0.1) is 4.90 Å². The van der Waals surface area contributed by atoms with Gasteiger partial charge < -0.3 is 0 Å². The van der Waals surface area contributed by atoms with Gasteiger partial charge in [0, 0.05) is 12.1 Å². The van der Waals surface area contributed by atoms with Gasteiger partial charge in [0.2, 0.25) is 0 Å². The summed E-state index contributed by atoms with van der Waals surface area (Å²) in [5, 5.41) is 0. The van der Waals surface area contributed by atoms with Gasteiger partial charge in [-0.25, -0.2) is 12.7 Å². The third kappa shape index (κ3) is 3.54. The second-order valence-corrected chi connectivity index (χ2v) is 6.78. The Morgan fingerprint density at radius 3 is 2.05 bits per heavy atom. The van der Waals surface area contributed by atoms with Crippen LogP contribution in [0.2, 0.25) is 0 Å². The number of amides is 1. The van der Waals surface area contributed by atoms with Crippen LogP contribution in [-0.2, 0) is 10.0 Å². The Balaban J connectivity index is 2.40. The van der Waals surface area contributed by atoms with Crippen LogP contribution in [0.5, 0.6) is 0 Å². The second kappa shape index (κ2) is 7.22. The predicted octanol–water partition coefficient (Wildman–Crippen LogP) is 3.32. The Kier molecular flexibility index (Phi) is 5.33. The minimum atomic E-state index is -3.84. The first-order chi connectivity index (χ1) is 10.6. The normalized spacial score (nSPS) is 11.1. The summed E-state index contributed by atoms with van der Waals surface area (Å²) >= 11 is 0. The molecule has 0 spiro atoms. The number of sulfonamides is 1. The van der Waals surface area contributed by atoms with Gasteiger partial charge in [-0.15, -0.1) is 0 Å². The summed E-state index contributed by atoms with van der Waals surface area (Å²) < 4.78 is 26.5. The molecule has 2 aromatic rings. The summed E-state index contributed by atoms with van der Waals surface area (Å²) in [5.41, 5.74) is 0.373. The van der Waals surface area contributed by atoms with Crippen molar-refractivity contribution in [1.29, 1.82) is 0 Å². The van der Waals surface area contributed by atoms with Crippen molar-refractivity contribution in [2.24, 2.45) is 0 Å². The molecule has 0 unspecified atom stereocenters. The summed E-state index contributed by atoms with van der Waals surface area (Å²) in [7, 11) is -3.84. The van der Waals surface area contributed by atoms with Gasteiger partial charge in [-0.1, -0.05) is 49.7 Å². The van der Waals surface area contributed by atoms with Gasteiger partial charge in [0.15, 0.2) is 0 Å². The van der Waals surface area contributed by atoms with Crippen LogP contribution in [0.4, 0.5) is 0 Å². The third-order valence-corrected chi connectivity index (χ3v) is 5.09. The van der Waals surface area contributed by atoms with E-state index >= 15 is 0 Å². The maximum Gasteiger partial charge on any atom is 0.267 e. The highest BCUT2D eigenvalue weighted by Crippen LogP contribution is 2.19. The van der Waals surface area contributed by atoms with E-state index in [9.17, 15) is 13.2 Å². The molecule has 2 aromatic carbocycles. The van der Waals surface area contributed by atoms with E-state index in [1.54, 1.807) is 48.5 Å². The first kappa shape index (κ1) is 16.2. The summed E-state index contributed by atoms with van der Waals surface area (Å²) in [5.74, 6) is -0.488. The first-order valence-electron chi connectivity index (χ1n) is 7.24. The van der Waals surface area contributed by atoms with E-state index in [1.807, 2.05) is 6.92 Å². The number of unbranched alkanes of at least 4 members (excludes halogenated alkanes) is 1. The summed E-state index contributed by atoms with van der Waals surface area (Å²) in [4.78, 5) is 12.8. The molecule has 0 bridgehead atoms. The molecule has 0 aromatic heterocycles. The van der Waals surface area contributed by atoms with E-state index < -0.39 is 15.9 Å². The molecular weight excluding hydrogens is 298 g/mol. The molecular formula is C17H19NO3S. The average molecular weight is 317 g/mol. The minimum absolute atomic E-state index is 0.135. The van der Waals surface area contributed by atoms with Gasteiger partial charge in [-0.05, 0) is 30.7 Å². The third-order valence-electron chi connectivity index (χ3n) is 3.29.